The summed E-state index contributed by atoms with van der Waals surface area (Å²) in [4.78, 5) is 28.6. The molecule has 4 rings (SSSR count). The number of aromatic amines is 1. The van der Waals surface area contributed by atoms with Gasteiger partial charge in [-0.3, -0.25) is 9.59 Å². The number of hydrogen-bond donors (Lipinski definition) is 4. The first-order chi connectivity index (χ1) is 13.9. The normalized spacial score (nSPS) is 19.9. The van der Waals surface area contributed by atoms with Crippen molar-refractivity contribution in [1.29, 1.82) is 0 Å². The van der Waals surface area contributed by atoms with E-state index in [9.17, 15) is 14.0 Å². The number of halogens is 1. The SMILES string of the molecule is C/C(=C1/C(=O)Nc2ccc(F)cc21)c1[nH]c(C)c(C(=O)NCC2CCCN2)c1C. The van der Waals surface area contributed by atoms with E-state index in [2.05, 4.69) is 20.9 Å². The lowest BCUT2D eigenvalue weighted by Crippen LogP contribution is -2.37. The van der Waals surface area contributed by atoms with Crippen molar-refractivity contribution in [2.45, 2.75) is 39.7 Å². The van der Waals surface area contributed by atoms with Gasteiger partial charge in [-0.05, 0) is 69.5 Å². The van der Waals surface area contributed by atoms with Gasteiger partial charge in [-0.1, -0.05) is 0 Å². The van der Waals surface area contributed by atoms with Crippen molar-refractivity contribution >= 4 is 28.6 Å². The summed E-state index contributed by atoms with van der Waals surface area (Å²) in [6.45, 7) is 7.11. The van der Waals surface area contributed by atoms with E-state index in [1.54, 1.807) is 6.07 Å². The van der Waals surface area contributed by atoms with Gasteiger partial charge in [0.15, 0.2) is 0 Å². The molecule has 3 heterocycles. The molecule has 2 aromatic rings. The number of carbonyl (C=O) groups is 2. The Balaban J connectivity index is 1.67. The Hall–Kier alpha value is -2.93. The van der Waals surface area contributed by atoms with E-state index in [1.807, 2.05) is 20.8 Å². The number of rotatable bonds is 4. The maximum Gasteiger partial charge on any atom is 0.256 e. The summed E-state index contributed by atoms with van der Waals surface area (Å²) in [6.07, 6.45) is 2.19. The summed E-state index contributed by atoms with van der Waals surface area (Å²) in [5.74, 6) is -0.796. The second-order valence-electron chi connectivity index (χ2n) is 7.77. The van der Waals surface area contributed by atoms with Crippen LogP contribution in [0.3, 0.4) is 0 Å². The summed E-state index contributed by atoms with van der Waals surface area (Å²) >= 11 is 0. The molecule has 7 heteroatoms. The second kappa shape index (κ2) is 7.48. The van der Waals surface area contributed by atoms with Gasteiger partial charge >= 0.3 is 0 Å². The Morgan fingerprint density at radius 2 is 2.10 bits per heavy atom. The smallest absolute Gasteiger partial charge is 0.256 e. The summed E-state index contributed by atoms with van der Waals surface area (Å²) in [5, 5.41) is 9.15. The maximum atomic E-state index is 13.8. The average Bonchev–Trinajstić information content (AvgIpc) is 3.37. The molecular formula is C22H25FN4O2. The zero-order valence-electron chi connectivity index (χ0n) is 16.8. The van der Waals surface area contributed by atoms with Gasteiger partial charge in [-0.25, -0.2) is 4.39 Å². The molecule has 6 nitrogen and oxygen atoms in total. The number of amides is 2. The van der Waals surface area contributed by atoms with Gasteiger partial charge in [0.2, 0.25) is 0 Å². The largest absolute Gasteiger partial charge is 0.358 e. The molecule has 2 aliphatic heterocycles. The van der Waals surface area contributed by atoms with Crippen LogP contribution >= 0.6 is 0 Å². The van der Waals surface area contributed by atoms with Crippen LogP contribution in [0.2, 0.25) is 0 Å². The monoisotopic (exact) mass is 396 g/mol. The molecule has 1 aromatic heterocycles. The summed E-state index contributed by atoms with van der Waals surface area (Å²) < 4.78 is 13.8. The van der Waals surface area contributed by atoms with Crippen molar-refractivity contribution in [3.05, 3.63) is 52.1 Å². The van der Waals surface area contributed by atoms with Gasteiger partial charge in [-0.15, -0.1) is 0 Å². The van der Waals surface area contributed by atoms with Crippen LogP contribution in [-0.2, 0) is 4.79 Å². The zero-order valence-corrected chi connectivity index (χ0v) is 16.8. The number of H-pyrrole nitrogens is 1. The predicted octanol–water partition coefficient (Wildman–Crippen LogP) is 3.14. The molecule has 152 valence electrons. The molecular weight excluding hydrogens is 371 g/mol. The lowest BCUT2D eigenvalue weighted by atomic mass is 9.97. The Morgan fingerprint density at radius 3 is 2.83 bits per heavy atom. The highest BCUT2D eigenvalue weighted by molar-refractivity contribution is 6.36. The number of aryl methyl sites for hydroxylation is 1. The zero-order chi connectivity index (χ0) is 20.7. The van der Waals surface area contributed by atoms with E-state index >= 15 is 0 Å². The van der Waals surface area contributed by atoms with Crippen LogP contribution in [0, 0.1) is 19.7 Å². The molecule has 0 bridgehead atoms. The molecule has 0 spiro atoms. The van der Waals surface area contributed by atoms with Gasteiger partial charge in [0.05, 0.1) is 11.1 Å². The van der Waals surface area contributed by atoms with Crippen molar-refractivity contribution in [3.63, 3.8) is 0 Å². The minimum atomic E-state index is -0.398. The van der Waals surface area contributed by atoms with Crippen LogP contribution in [0.5, 0.6) is 0 Å². The second-order valence-corrected chi connectivity index (χ2v) is 7.77. The average molecular weight is 396 g/mol. The molecule has 2 amide bonds. The van der Waals surface area contributed by atoms with Crippen LogP contribution in [0.4, 0.5) is 10.1 Å². The highest BCUT2D eigenvalue weighted by Gasteiger charge is 2.29. The van der Waals surface area contributed by atoms with Crippen LogP contribution < -0.4 is 16.0 Å². The van der Waals surface area contributed by atoms with Gasteiger partial charge in [0, 0.05) is 35.2 Å². The minimum Gasteiger partial charge on any atom is -0.358 e. The van der Waals surface area contributed by atoms with E-state index in [-0.39, 0.29) is 11.8 Å². The number of hydrogen-bond acceptors (Lipinski definition) is 3. The van der Waals surface area contributed by atoms with E-state index in [0.29, 0.717) is 46.2 Å². The molecule has 1 aromatic carbocycles. The van der Waals surface area contributed by atoms with Gasteiger partial charge in [-0.2, -0.15) is 0 Å². The minimum absolute atomic E-state index is 0.128. The number of anilines is 1. The third-order valence-corrected chi connectivity index (χ3v) is 5.81. The van der Waals surface area contributed by atoms with Crippen LogP contribution in [-0.4, -0.2) is 35.9 Å². The van der Waals surface area contributed by atoms with Crippen molar-refractivity contribution < 1.29 is 14.0 Å². The number of nitrogens with one attached hydrogen (secondary N) is 4. The first kappa shape index (κ1) is 19.4. The van der Waals surface area contributed by atoms with Crippen LogP contribution in [0.25, 0.3) is 11.1 Å². The van der Waals surface area contributed by atoms with Crippen LogP contribution in [0.1, 0.15) is 52.6 Å². The number of allylic oxidation sites excluding steroid dienone is 1. The molecule has 29 heavy (non-hydrogen) atoms. The molecule has 0 aliphatic carbocycles. The molecule has 1 unspecified atom stereocenters. The molecule has 4 N–H and O–H groups in total. The highest BCUT2D eigenvalue weighted by Crippen LogP contribution is 2.38. The first-order valence-corrected chi connectivity index (χ1v) is 9.90. The summed E-state index contributed by atoms with van der Waals surface area (Å²) in [5.41, 5.74) is 5.07. The van der Waals surface area contributed by atoms with E-state index in [4.69, 9.17) is 0 Å². The third-order valence-electron chi connectivity index (χ3n) is 5.81. The van der Waals surface area contributed by atoms with Crippen molar-refractivity contribution in [1.82, 2.24) is 15.6 Å². The summed E-state index contributed by atoms with van der Waals surface area (Å²) in [7, 11) is 0. The fraction of sp³-hybridized carbons (Fsp3) is 0.364. The van der Waals surface area contributed by atoms with Gasteiger partial charge < -0.3 is 20.9 Å². The number of carbonyl (C=O) groups excluding carboxylic acids is 2. The van der Waals surface area contributed by atoms with Crippen molar-refractivity contribution in [2.75, 3.05) is 18.4 Å². The van der Waals surface area contributed by atoms with Gasteiger partial charge in [0.1, 0.15) is 5.82 Å². The van der Waals surface area contributed by atoms with Crippen molar-refractivity contribution in [2.24, 2.45) is 0 Å². The Bertz CT molecular complexity index is 1030. The van der Waals surface area contributed by atoms with Crippen LogP contribution in [0.15, 0.2) is 18.2 Å². The quantitative estimate of drug-likeness (QED) is 0.599. The Labute approximate surface area is 169 Å². The molecule has 2 aliphatic rings. The molecule has 0 saturated carbocycles. The highest BCUT2D eigenvalue weighted by atomic mass is 19.1. The lowest BCUT2D eigenvalue weighted by molar-refractivity contribution is -0.110. The molecule has 0 radical (unpaired) electrons. The fourth-order valence-electron chi connectivity index (χ4n) is 4.34. The number of fused-ring (bicyclic) bond motifs is 1. The van der Waals surface area contributed by atoms with E-state index < -0.39 is 5.82 Å². The van der Waals surface area contributed by atoms with Gasteiger partial charge in [0.25, 0.3) is 11.8 Å². The molecule has 1 saturated heterocycles. The molecule has 1 atom stereocenters. The number of aromatic nitrogens is 1. The lowest BCUT2D eigenvalue weighted by Gasteiger charge is -2.12. The van der Waals surface area contributed by atoms with Crippen molar-refractivity contribution in [3.8, 4) is 0 Å². The summed E-state index contributed by atoms with van der Waals surface area (Å²) in [6, 6.07) is 4.56. The standard InChI is InChI=1S/C22H25FN4O2/c1-11-18(21(28)25-10-15-5-4-8-24-15)13(3)26-20(11)12(2)19-16-9-14(23)6-7-17(16)27-22(19)29/h6-7,9,15,24,26H,4-5,8,10H2,1-3H3,(H,25,28)(H,27,29)/b19-12-. The first-order valence-electron chi connectivity index (χ1n) is 9.90. The molecule has 1 fully saturated rings. The topological polar surface area (TPSA) is 86.0 Å². The predicted molar refractivity (Wildman–Crippen MR) is 111 cm³/mol. The third kappa shape index (κ3) is 3.46. The Kier molecular flexibility index (Phi) is 5.00. The Morgan fingerprint density at radius 1 is 1.31 bits per heavy atom. The fourth-order valence-corrected chi connectivity index (χ4v) is 4.34. The number of benzene rings is 1. The van der Waals surface area contributed by atoms with E-state index in [0.717, 1.165) is 30.6 Å². The maximum absolute atomic E-state index is 13.8. The van der Waals surface area contributed by atoms with E-state index in [1.165, 1.54) is 12.1 Å².